The molecule has 0 amide bonds. The minimum atomic E-state index is -1.61. The molecule has 5 aliphatic carbocycles. The van der Waals surface area contributed by atoms with E-state index in [0.717, 1.165) is 25.7 Å². The van der Waals surface area contributed by atoms with Crippen LogP contribution in [0.1, 0.15) is 99.8 Å². The summed E-state index contributed by atoms with van der Waals surface area (Å²) in [5.74, 6) is -0.200. The SMILES string of the molecule is CC(C)(O)[C@H]1O[C@@](C)([C@H]2[C@@H](O)C[C@@]3(C)[C@@H]4C[C@H](O)[C@H]5C(C)(C)[C@@H](O[C@@H]6OC[C@@H](O)[C@H](O)[C@@H]6O[C@@H]6OC[C@H](O)[C@H](O)[C@H]6O)CC[C@@]56C[C@@]46CC[C@]23C)C[C@@H]1O. The van der Waals surface area contributed by atoms with Gasteiger partial charge in [0.1, 0.15) is 42.7 Å². The highest BCUT2D eigenvalue weighted by atomic mass is 16.7. The molecule has 21 atom stereocenters. The van der Waals surface area contributed by atoms with Crippen molar-refractivity contribution in [3.8, 4) is 0 Å². The maximum atomic E-state index is 12.4. The Kier molecular flexibility index (Phi) is 9.48. The summed E-state index contributed by atoms with van der Waals surface area (Å²) in [6.07, 6.45) is -8.54. The molecule has 8 fully saturated rings. The van der Waals surface area contributed by atoms with E-state index in [1.165, 1.54) is 0 Å². The van der Waals surface area contributed by atoms with Crippen molar-refractivity contribution in [1.29, 1.82) is 0 Å². The minimum absolute atomic E-state index is 0.0122. The highest BCUT2D eigenvalue weighted by Gasteiger charge is 2.85. The van der Waals surface area contributed by atoms with Crippen molar-refractivity contribution < 1.29 is 69.6 Å². The molecule has 8 aliphatic rings. The fraction of sp³-hybridized carbons (Fsp3) is 1.00. The van der Waals surface area contributed by atoms with E-state index >= 15 is 0 Å². The molecular formula is C40H66O14. The van der Waals surface area contributed by atoms with Crippen molar-refractivity contribution in [1.82, 2.24) is 0 Å². The number of rotatable bonds is 6. The maximum Gasteiger partial charge on any atom is 0.186 e. The van der Waals surface area contributed by atoms with Gasteiger partial charge in [-0.1, -0.05) is 27.7 Å². The Morgan fingerprint density at radius 3 is 1.93 bits per heavy atom. The van der Waals surface area contributed by atoms with Crippen LogP contribution in [0.2, 0.25) is 0 Å². The van der Waals surface area contributed by atoms with Crippen LogP contribution in [-0.2, 0) is 23.7 Å². The molecule has 0 aromatic carbocycles. The summed E-state index contributed by atoms with van der Waals surface area (Å²) in [6, 6.07) is 0. The second-order valence-corrected chi connectivity index (χ2v) is 20.8. The van der Waals surface area contributed by atoms with Crippen LogP contribution in [0.25, 0.3) is 0 Å². The van der Waals surface area contributed by atoms with E-state index in [-0.39, 0.29) is 52.6 Å². The smallest absolute Gasteiger partial charge is 0.186 e. The van der Waals surface area contributed by atoms with Gasteiger partial charge in [0.2, 0.25) is 0 Å². The van der Waals surface area contributed by atoms with Crippen molar-refractivity contribution in [2.45, 2.75) is 191 Å². The van der Waals surface area contributed by atoms with Crippen LogP contribution >= 0.6 is 0 Å². The lowest BCUT2D eigenvalue weighted by Crippen LogP contribution is -2.64. The maximum absolute atomic E-state index is 12.4. The minimum Gasteiger partial charge on any atom is -0.393 e. The van der Waals surface area contributed by atoms with E-state index < -0.39 is 96.3 Å². The Morgan fingerprint density at radius 2 is 1.28 bits per heavy atom. The molecule has 14 heteroatoms. The number of fused-ring (bicyclic) bond motifs is 2. The Hall–Kier alpha value is -0.560. The molecule has 0 radical (unpaired) electrons. The lowest BCUT2D eigenvalue weighted by atomic mass is 9.41. The van der Waals surface area contributed by atoms with Crippen LogP contribution in [0.5, 0.6) is 0 Å². The number of hydrogen-bond donors (Lipinski definition) is 9. The van der Waals surface area contributed by atoms with Gasteiger partial charge in [-0.2, -0.15) is 0 Å². The summed E-state index contributed by atoms with van der Waals surface area (Å²) in [5.41, 5.74) is -3.39. The monoisotopic (exact) mass is 770 g/mol. The summed E-state index contributed by atoms with van der Waals surface area (Å²) >= 11 is 0. The molecule has 14 nitrogen and oxygen atoms in total. The summed E-state index contributed by atoms with van der Waals surface area (Å²) in [7, 11) is 0. The van der Waals surface area contributed by atoms with E-state index in [0.29, 0.717) is 25.7 Å². The Morgan fingerprint density at radius 1 is 0.630 bits per heavy atom. The van der Waals surface area contributed by atoms with Gasteiger partial charge in [0.05, 0.1) is 48.8 Å². The molecule has 9 N–H and O–H groups in total. The van der Waals surface area contributed by atoms with Crippen molar-refractivity contribution in [2.75, 3.05) is 13.2 Å². The molecule has 310 valence electrons. The van der Waals surface area contributed by atoms with Gasteiger partial charge in [0.25, 0.3) is 0 Å². The third-order valence-electron chi connectivity index (χ3n) is 17.2. The molecular weight excluding hydrogens is 704 g/mol. The Bertz CT molecular complexity index is 1440. The molecule has 0 aromatic rings. The zero-order valence-electron chi connectivity index (χ0n) is 32.9. The molecule has 3 saturated heterocycles. The molecule has 8 rings (SSSR count). The third-order valence-corrected chi connectivity index (χ3v) is 17.2. The molecule has 0 aromatic heterocycles. The first-order chi connectivity index (χ1) is 25.0. The first kappa shape index (κ1) is 40.2. The van der Waals surface area contributed by atoms with Crippen LogP contribution in [0.15, 0.2) is 0 Å². The largest absolute Gasteiger partial charge is 0.393 e. The van der Waals surface area contributed by atoms with E-state index in [9.17, 15) is 46.0 Å². The predicted molar refractivity (Wildman–Crippen MR) is 189 cm³/mol. The fourth-order valence-corrected chi connectivity index (χ4v) is 14.8. The molecule has 3 heterocycles. The van der Waals surface area contributed by atoms with E-state index in [2.05, 4.69) is 27.7 Å². The summed E-state index contributed by atoms with van der Waals surface area (Å²) in [6.45, 7) is 13.7. The molecule has 0 bridgehead atoms. The third kappa shape index (κ3) is 5.42. The number of aliphatic hydroxyl groups excluding tert-OH is 8. The first-order valence-electron chi connectivity index (χ1n) is 20.4. The topological polar surface area (TPSA) is 228 Å². The van der Waals surface area contributed by atoms with Gasteiger partial charge in [-0.15, -0.1) is 0 Å². The average molecular weight is 771 g/mol. The second kappa shape index (κ2) is 12.7. The van der Waals surface area contributed by atoms with Crippen LogP contribution < -0.4 is 0 Å². The quantitative estimate of drug-likeness (QED) is 0.166. The van der Waals surface area contributed by atoms with Gasteiger partial charge < -0.3 is 69.6 Å². The average Bonchev–Trinajstić information content (AvgIpc) is 3.51. The predicted octanol–water partition coefficient (Wildman–Crippen LogP) is 0.334. The van der Waals surface area contributed by atoms with E-state index in [1.807, 2.05) is 6.92 Å². The van der Waals surface area contributed by atoms with Crippen LogP contribution in [0.4, 0.5) is 0 Å². The Labute approximate surface area is 318 Å². The van der Waals surface area contributed by atoms with Crippen molar-refractivity contribution in [3.63, 3.8) is 0 Å². The van der Waals surface area contributed by atoms with Gasteiger partial charge in [-0.3, -0.25) is 0 Å². The number of hydrogen-bond acceptors (Lipinski definition) is 14. The molecule has 54 heavy (non-hydrogen) atoms. The zero-order chi connectivity index (χ0) is 39.3. The number of aliphatic hydroxyl groups is 9. The molecule has 5 saturated carbocycles. The van der Waals surface area contributed by atoms with Gasteiger partial charge in [-0.25, -0.2) is 0 Å². The first-order valence-corrected chi connectivity index (χ1v) is 20.4. The second-order valence-electron chi connectivity index (χ2n) is 20.8. The van der Waals surface area contributed by atoms with Crippen molar-refractivity contribution >= 4 is 0 Å². The summed E-state index contributed by atoms with van der Waals surface area (Å²) in [5, 5.41) is 98.5. The van der Waals surface area contributed by atoms with Crippen LogP contribution in [-0.4, -0.2) is 150 Å². The van der Waals surface area contributed by atoms with Gasteiger partial charge in [0, 0.05) is 12.3 Å². The van der Waals surface area contributed by atoms with Crippen LogP contribution in [0, 0.1) is 44.8 Å². The molecule has 3 aliphatic heterocycles. The fourth-order valence-electron chi connectivity index (χ4n) is 14.8. The summed E-state index contributed by atoms with van der Waals surface area (Å²) in [4.78, 5) is 0. The molecule has 2 spiro atoms. The normalized spacial score (nSPS) is 59.6. The van der Waals surface area contributed by atoms with E-state index in [1.54, 1.807) is 13.8 Å². The van der Waals surface area contributed by atoms with Crippen LogP contribution in [0.3, 0.4) is 0 Å². The van der Waals surface area contributed by atoms with Crippen molar-refractivity contribution in [2.24, 2.45) is 44.8 Å². The van der Waals surface area contributed by atoms with Crippen molar-refractivity contribution in [3.05, 3.63) is 0 Å². The van der Waals surface area contributed by atoms with E-state index in [4.69, 9.17) is 23.7 Å². The highest BCUT2D eigenvalue weighted by molar-refractivity contribution is 5.33. The van der Waals surface area contributed by atoms with Gasteiger partial charge in [0.15, 0.2) is 12.6 Å². The standard InChI is InChI=1S/C40H66O14/c1-34(2)24(52-33-28(26(47)22(45)16-51-33)53-32-27(48)25(46)21(44)15-50-32)8-9-40-17-39(40)11-10-36(5)30(38(7)14-20(43)31(54-38)35(3,4)49)19(42)13-37(36,6)23(39)12-18(41)29(34)40/h18-33,41-49H,8-17H2,1-7H3/t18-,19-,20-,21-,22+,23-,24-,25-,26-,27+,28-,29-,30-,31-,32-,33-,36+,37-,38+,39-,40+/m0/s1. The number of ether oxygens (including phenoxy) is 5. The zero-order valence-corrected chi connectivity index (χ0v) is 32.9. The van der Waals surface area contributed by atoms with Gasteiger partial charge >= 0.3 is 0 Å². The lowest BCUT2D eigenvalue weighted by molar-refractivity contribution is -0.356. The summed E-state index contributed by atoms with van der Waals surface area (Å²) < 4.78 is 30.6. The highest BCUT2D eigenvalue weighted by Crippen LogP contribution is 2.89. The van der Waals surface area contributed by atoms with Gasteiger partial charge in [-0.05, 0) is 105 Å². The molecule has 0 unspecified atom stereocenters. The lowest BCUT2D eigenvalue weighted by Gasteiger charge is -2.64. The Balaban J connectivity index is 1.03.